The molecule has 0 bridgehead atoms. The monoisotopic (exact) mass is 329 g/mol. The van der Waals surface area contributed by atoms with Gasteiger partial charge in [0.25, 0.3) is 5.91 Å². The molecule has 1 fully saturated rings. The predicted octanol–water partition coefficient (Wildman–Crippen LogP) is -1.76. The first kappa shape index (κ1) is 16.4. The zero-order chi connectivity index (χ0) is 16.5. The maximum Gasteiger partial charge on any atom is 0.257 e. The molecule has 0 aromatic carbocycles. The van der Waals surface area contributed by atoms with E-state index in [1.807, 2.05) is 0 Å². The summed E-state index contributed by atoms with van der Waals surface area (Å²) >= 11 is 0. The number of aryl methyl sites for hydroxylation is 1. The Bertz CT molecular complexity index is 683. The van der Waals surface area contributed by atoms with Crippen molar-refractivity contribution in [3.05, 3.63) is 18.0 Å². The molecule has 2 heterocycles. The van der Waals surface area contributed by atoms with E-state index >= 15 is 0 Å². The summed E-state index contributed by atoms with van der Waals surface area (Å²) in [6.45, 7) is 0.416. The van der Waals surface area contributed by atoms with Gasteiger partial charge >= 0.3 is 0 Å². The molecule has 0 aliphatic carbocycles. The summed E-state index contributed by atoms with van der Waals surface area (Å²) in [5.74, 6) is -1.66. The molecule has 22 heavy (non-hydrogen) atoms. The van der Waals surface area contributed by atoms with Gasteiger partial charge in [-0.25, -0.2) is 8.42 Å². The third-order valence-electron chi connectivity index (χ3n) is 3.59. The molecule has 1 aromatic heterocycles. The predicted molar refractivity (Wildman–Crippen MR) is 78.2 cm³/mol. The Morgan fingerprint density at radius 1 is 1.32 bits per heavy atom. The number of nitrogens with two attached hydrogens (primary N) is 1. The number of rotatable bonds is 3. The lowest BCUT2D eigenvalue weighted by Gasteiger charge is -2.21. The molecule has 10 heteroatoms. The number of carbonyl (C=O) groups excluding carboxylic acids is 2. The van der Waals surface area contributed by atoms with Crippen molar-refractivity contribution < 1.29 is 18.0 Å². The summed E-state index contributed by atoms with van der Waals surface area (Å²) < 4.78 is 26.1. The molecule has 2 rings (SSSR count). The van der Waals surface area contributed by atoms with E-state index in [2.05, 4.69) is 5.10 Å². The standard InChI is InChI=1S/C12H19N5O4S/c1-15-6-9(5-14-15)12(19)16-3-4-17(22(2,20)21)8-10(7-16)11(13)18/h5-6,10H,3-4,7-8H2,1-2H3,(H2,13,18)/t10-/m0/s1. The minimum Gasteiger partial charge on any atom is -0.369 e. The van der Waals surface area contributed by atoms with Crippen LogP contribution in [0, 0.1) is 5.92 Å². The van der Waals surface area contributed by atoms with E-state index in [-0.39, 0.29) is 32.1 Å². The van der Waals surface area contributed by atoms with Crippen molar-refractivity contribution in [2.24, 2.45) is 18.7 Å². The van der Waals surface area contributed by atoms with Gasteiger partial charge in [-0.1, -0.05) is 0 Å². The molecule has 1 saturated heterocycles. The van der Waals surface area contributed by atoms with Gasteiger partial charge in [-0.2, -0.15) is 9.40 Å². The van der Waals surface area contributed by atoms with Gasteiger partial charge in [0.2, 0.25) is 15.9 Å². The molecule has 2 N–H and O–H groups in total. The lowest BCUT2D eigenvalue weighted by atomic mass is 10.1. The molecule has 1 aliphatic heterocycles. The highest BCUT2D eigenvalue weighted by atomic mass is 32.2. The number of nitrogens with zero attached hydrogens (tertiary/aromatic N) is 4. The van der Waals surface area contributed by atoms with Crippen LogP contribution in [0.2, 0.25) is 0 Å². The first-order valence-electron chi connectivity index (χ1n) is 6.71. The largest absolute Gasteiger partial charge is 0.369 e. The Labute approximate surface area is 128 Å². The first-order valence-corrected chi connectivity index (χ1v) is 8.55. The number of sulfonamides is 1. The topological polar surface area (TPSA) is 119 Å². The highest BCUT2D eigenvalue weighted by Gasteiger charge is 2.32. The van der Waals surface area contributed by atoms with Crippen molar-refractivity contribution in [2.75, 3.05) is 32.4 Å². The number of hydrogen-bond donors (Lipinski definition) is 1. The molecular formula is C12H19N5O4S. The van der Waals surface area contributed by atoms with Crippen LogP contribution in [-0.2, 0) is 21.9 Å². The van der Waals surface area contributed by atoms with Crippen molar-refractivity contribution in [3.8, 4) is 0 Å². The minimum absolute atomic E-state index is 0.00894. The highest BCUT2D eigenvalue weighted by Crippen LogP contribution is 2.15. The van der Waals surface area contributed by atoms with Crippen molar-refractivity contribution in [2.45, 2.75) is 0 Å². The Morgan fingerprint density at radius 2 is 2.00 bits per heavy atom. The van der Waals surface area contributed by atoms with Gasteiger partial charge in [-0.05, 0) is 0 Å². The van der Waals surface area contributed by atoms with E-state index in [4.69, 9.17) is 5.73 Å². The lowest BCUT2D eigenvalue weighted by molar-refractivity contribution is -0.122. The van der Waals surface area contributed by atoms with Crippen molar-refractivity contribution in [3.63, 3.8) is 0 Å². The van der Waals surface area contributed by atoms with Crippen LogP contribution >= 0.6 is 0 Å². The fourth-order valence-electron chi connectivity index (χ4n) is 2.36. The van der Waals surface area contributed by atoms with Crippen molar-refractivity contribution >= 4 is 21.8 Å². The van der Waals surface area contributed by atoms with Gasteiger partial charge in [-0.15, -0.1) is 0 Å². The molecule has 0 unspecified atom stereocenters. The third kappa shape index (κ3) is 3.63. The zero-order valence-corrected chi connectivity index (χ0v) is 13.3. The van der Waals surface area contributed by atoms with E-state index in [9.17, 15) is 18.0 Å². The van der Waals surface area contributed by atoms with Gasteiger partial charge in [0.15, 0.2) is 0 Å². The third-order valence-corrected chi connectivity index (χ3v) is 4.86. The first-order chi connectivity index (χ1) is 10.2. The van der Waals surface area contributed by atoms with Crippen LogP contribution in [0.25, 0.3) is 0 Å². The van der Waals surface area contributed by atoms with Crippen LogP contribution in [0.15, 0.2) is 12.4 Å². The molecule has 2 amide bonds. The molecule has 0 radical (unpaired) electrons. The van der Waals surface area contributed by atoms with E-state index < -0.39 is 21.8 Å². The van der Waals surface area contributed by atoms with Gasteiger partial charge in [0.05, 0.1) is 23.9 Å². The second kappa shape index (κ2) is 6.05. The number of carbonyl (C=O) groups is 2. The van der Waals surface area contributed by atoms with Crippen molar-refractivity contribution in [1.29, 1.82) is 0 Å². The quantitative estimate of drug-likeness (QED) is 0.704. The van der Waals surface area contributed by atoms with Crippen LogP contribution in [0.1, 0.15) is 10.4 Å². The Hall–Kier alpha value is -1.94. The van der Waals surface area contributed by atoms with E-state index in [0.717, 1.165) is 6.26 Å². The van der Waals surface area contributed by atoms with Gasteiger partial charge < -0.3 is 10.6 Å². The van der Waals surface area contributed by atoms with Crippen LogP contribution in [0.5, 0.6) is 0 Å². The van der Waals surface area contributed by atoms with Crippen molar-refractivity contribution in [1.82, 2.24) is 19.0 Å². The molecule has 0 saturated carbocycles. The van der Waals surface area contributed by atoms with Crippen LogP contribution < -0.4 is 5.73 Å². The minimum atomic E-state index is -3.45. The molecule has 1 atom stereocenters. The van der Waals surface area contributed by atoms with Gasteiger partial charge in [0, 0.05) is 39.4 Å². The van der Waals surface area contributed by atoms with Gasteiger partial charge in [0.1, 0.15) is 0 Å². The smallest absolute Gasteiger partial charge is 0.257 e. The maximum absolute atomic E-state index is 12.4. The molecule has 9 nitrogen and oxygen atoms in total. The highest BCUT2D eigenvalue weighted by molar-refractivity contribution is 7.88. The van der Waals surface area contributed by atoms with E-state index in [1.165, 1.54) is 20.1 Å². The molecule has 1 aromatic rings. The normalized spacial score (nSPS) is 20.6. The zero-order valence-electron chi connectivity index (χ0n) is 12.5. The number of hydrogen-bond acceptors (Lipinski definition) is 5. The average Bonchev–Trinajstić information content (AvgIpc) is 2.72. The summed E-state index contributed by atoms with van der Waals surface area (Å²) in [6, 6.07) is 0. The summed E-state index contributed by atoms with van der Waals surface area (Å²) in [5, 5.41) is 3.94. The lowest BCUT2D eigenvalue weighted by Crippen LogP contribution is -2.41. The summed E-state index contributed by atoms with van der Waals surface area (Å²) in [7, 11) is -1.76. The second-order valence-electron chi connectivity index (χ2n) is 5.37. The van der Waals surface area contributed by atoms with E-state index in [1.54, 1.807) is 13.2 Å². The summed E-state index contributed by atoms with van der Waals surface area (Å²) in [4.78, 5) is 25.4. The van der Waals surface area contributed by atoms with Crippen LogP contribution in [0.4, 0.5) is 0 Å². The Kier molecular flexibility index (Phi) is 4.52. The molecule has 1 aliphatic rings. The van der Waals surface area contributed by atoms with Crippen LogP contribution in [0.3, 0.4) is 0 Å². The maximum atomic E-state index is 12.4. The fourth-order valence-corrected chi connectivity index (χ4v) is 3.23. The second-order valence-corrected chi connectivity index (χ2v) is 7.36. The number of amides is 2. The summed E-state index contributed by atoms with van der Waals surface area (Å²) in [6.07, 6.45) is 4.07. The van der Waals surface area contributed by atoms with Gasteiger partial charge in [-0.3, -0.25) is 14.3 Å². The molecule has 122 valence electrons. The SMILES string of the molecule is Cn1cc(C(=O)N2CCN(S(C)(=O)=O)C[C@@H](C(N)=O)C2)cn1. The number of aromatic nitrogens is 2. The van der Waals surface area contributed by atoms with E-state index in [0.29, 0.717) is 5.56 Å². The number of primary amides is 1. The molecule has 0 spiro atoms. The summed E-state index contributed by atoms with van der Waals surface area (Å²) in [5.41, 5.74) is 5.72. The average molecular weight is 329 g/mol. The Morgan fingerprint density at radius 3 is 2.50 bits per heavy atom. The fraction of sp³-hybridized carbons (Fsp3) is 0.583. The Balaban J connectivity index is 2.23. The van der Waals surface area contributed by atoms with Crippen LogP contribution in [-0.4, -0.2) is 71.7 Å². The molecular weight excluding hydrogens is 310 g/mol.